The highest BCUT2D eigenvalue weighted by molar-refractivity contribution is 7.98. The van der Waals surface area contributed by atoms with Crippen molar-refractivity contribution in [3.63, 3.8) is 0 Å². The van der Waals surface area contributed by atoms with Gasteiger partial charge in [0.25, 0.3) is 5.91 Å². The van der Waals surface area contributed by atoms with Crippen LogP contribution in [-0.2, 0) is 0 Å². The normalized spacial score (nSPS) is 10.5. The van der Waals surface area contributed by atoms with E-state index < -0.39 is 22.3 Å². The minimum Gasteiger partial charge on any atom is -0.320 e. The molecule has 1 aromatic heterocycles. The maximum Gasteiger partial charge on any atom is 0.306 e. The van der Waals surface area contributed by atoms with E-state index in [2.05, 4.69) is 10.3 Å². The summed E-state index contributed by atoms with van der Waals surface area (Å²) in [6, 6.07) is 12.4. The number of nitro benzene ring substituents is 1. The molecule has 1 N–H and O–H groups in total. The summed E-state index contributed by atoms with van der Waals surface area (Å²) in [5.74, 6) is -1.48. The number of nitrogens with zero attached hydrogens (tertiary/aromatic N) is 3. The Bertz CT molecular complexity index is 975. The molecule has 26 heavy (non-hydrogen) atoms. The van der Waals surface area contributed by atoms with Gasteiger partial charge in [-0.3, -0.25) is 19.5 Å². The lowest BCUT2D eigenvalue weighted by Crippen LogP contribution is -2.17. The fourth-order valence-electron chi connectivity index (χ4n) is 2.39. The van der Waals surface area contributed by atoms with Gasteiger partial charge < -0.3 is 5.32 Å². The molecule has 0 aliphatic rings. The zero-order valence-corrected chi connectivity index (χ0v) is 14.4. The lowest BCUT2D eigenvalue weighted by Gasteiger charge is -2.11. The number of anilines is 1. The summed E-state index contributed by atoms with van der Waals surface area (Å²) >= 11 is 1.38. The Balaban J connectivity index is 1.96. The smallest absolute Gasteiger partial charge is 0.306 e. The Labute approximate surface area is 152 Å². The van der Waals surface area contributed by atoms with Crippen LogP contribution >= 0.6 is 11.8 Å². The predicted molar refractivity (Wildman–Crippen MR) is 96.4 cm³/mol. The van der Waals surface area contributed by atoms with Crippen LogP contribution in [0.5, 0.6) is 0 Å². The molecule has 132 valence electrons. The summed E-state index contributed by atoms with van der Waals surface area (Å²) in [4.78, 5) is 26.9. The third kappa shape index (κ3) is 3.42. The maximum atomic E-state index is 13.4. The SMILES string of the molecule is CSc1ncc(C(=O)Nc2ccc(F)c([N+](=O)[O-])c2)n1-c1ccccc1. The number of carbonyl (C=O) groups excluding carboxylic acids is 1. The molecule has 7 nitrogen and oxygen atoms in total. The number of amides is 1. The summed E-state index contributed by atoms with van der Waals surface area (Å²) in [5, 5.41) is 14.0. The third-order valence-electron chi connectivity index (χ3n) is 3.56. The molecule has 1 amide bonds. The van der Waals surface area contributed by atoms with Crippen LogP contribution in [0.3, 0.4) is 0 Å². The van der Waals surface area contributed by atoms with Crippen LogP contribution in [0.4, 0.5) is 15.8 Å². The summed E-state index contributed by atoms with van der Waals surface area (Å²) in [7, 11) is 0. The largest absolute Gasteiger partial charge is 0.320 e. The molecule has 0 fully saturated rings. The van der Waals surface area contributed by atoms with Crippen molar-refractivity contribution >= 4 is 29.0 Å². The summed E-state index contributed by atoms with van der Waals surface area (Å²) in [5.41, 5.74) is 0.427. The Morgan fingerprint density at radius 3 is 2.65 bits per heavy atom. The number of thioether (sulfide) groups is 1. The number of aromatic nitrogens is 2. The van der Waals surface area contributed by atoms with Gasteiger partial charge in [0.05, 0.1) is 11.1 Å². The predicted octanol–water partition coefficient (Wildman–Crippen LogP) is 3.89. The molecule has 0 bridgehead atoms. The van der Waals surface area contributed by atoms with Gasteiger partial charge in [0.2, 0.25) is 5.82 Å². The van der Waals surface area contributed by atoms with Crippen LogP contribution < -0.4 is 5.32 Å². The zero-order chi connectivity index (χ0) is 18.7. The number of halogens is 1. The Morgan fingerprint density at radius 1 is 1.27 bits per heavy atom. The fraction of sp³-hybridized carbons (Fsp3) is 0.0588. The molecule has 0 unspecified atom stereocenters. The highest BCUT2D eigenvalue weighted by Crippen LogP contribution is 2.24. The van der Waals surface area contributed by atoms with E-state index in [1.165, 1.54) is 24.0 Å². The van der Waals surface area contributed by atoms with E-state index in [9.17, 15) is 19.3 Å². The molecular formula is C17H13FN4O3S. The number of imidazole rings is 1. The quantitative estimate of drug-likeness (QED) is 0.417. The summed E-state index contributed by atoms with van der Waals surface area (Å²) < 4.78 is 15.1. The van der Waals surface area contributed by atoms with Crippen LogP contribution in [0.15, 0.2) is 59.9 Å². The monoisotopic (exact) mass is 372 g/mol. The van der Waals surface area contributed by atoms with Gasteiger partial charge in [-0.15, -0.1) is 0 Å². The van der Waals surface area contributed by atoms with Gasteiger partial charge in [-0.05, 0) is 30.5 Å². The van der Waals surface area contributed by atoms with Crippen LogP contribution in [0.2, 0.25) is 0 Å². The van der Waals surface area contributed by atoms with Gasteiger partial charge in [0.1, 0.15) is 5.69 Å². The lowest BCUT2D eigenvalue weighted by atomic mass is 10.2. The van der Waals surface area contributed by atoms with Gasteiger partial charge in [-0.25, -0.2) is 4.98 Å². The van der Waals surface area contributed by atoms with Gasteiger partial charge in [0, 0.05) is 17.4 Å². The van der Waals surface area contributed by atoms with Crippen molar-refractivity contribution in [2.45, 2.75) is 5.16 Å². The van der Waals surface area contributed by atoms with Crippen molar-refractivity contribution in [1.82, 2.24) is 9.55 Å². The molecule has 1 heterocycles. The van der Waals surface area contributed by atoms with Crippen molar-refractivity contribution < 1.29 is 14.1 Å². The molecule has 0 aliphatic carbocycles. The van der Waals surface area contributed by atoms with Crippen LogP contribution in [0.1, 0.15) is 10.5 Å². The Hall–Kier alpha value is -3.20. The van der Waals surface area contributed by atoms with Crippen molar-refractivity contribution in [2.24, 2.45) is 0 Å². The number of hydrogen-bond donors (Lipinski definition) is 1. The van der Waals surface area contributed by atoms with E-state index in [-0.39, 0.29) is 11.4 Å². The molecule has 0 aliphatic heterocycles. The lowest BCUT2D eigenvalue weighted by molar-refractivity contribution is -0.387. The number of nitrogens with one attached hydrogen (secondary N) is 1. The molecule has 0 saturated carbocycles. The van der Waals surface area contributed by atoms with E-state index >= 15 is 0 Å². The number of hydrogen-bond acceptors (Lipinski definition) is 5. The molecular weight excluding hydrogens is 359 g/mol. The molecule has 3 aromatic rings. The van der Waals surface area contributed by atoms with Gasteiger partial charge in [-0.1, -0.05) is 30.0 Å². The second-order valence-corrected chi connectivity index (χ2v) is 5.95. The van der Waals surface area contributed by atoms with Crippen LogP contribution in [0.25, 0.3) is 5.69 Å². The van der Waals surface area contributed by atoms with Crippen molar-refractivity contribution in [3.8, 4) is 5.69 Å². The number of rotatable bonds is 5. The standard InChI is InChI=1S/C17H13FN4O3S/c1-26-17-19-10-15(21(17)12-5-3-2-4-6-12)16(23)20-11-7-8-13(18)14(9-11)22(24)25/h2-10H,1H3,(H,20,23). The van der Waals surface area contributed by atoms with Crippen LogP contribution in [0, 0.1) is 15.9 Å². The second-order valence-electron chi connectivity index (χ2n) is 5.18. The van der Waals surface area contributed by atoms with Gasteiger partial charge in [0.15, 0.2) is 5.16 Å². The van der Waals surface area contributed by atoms with Crippen molar-refractivity contribution in [1.29, 1.82) is 0 Å². The first kappa shape index (κ1) is 17.6. The van der Waals surface area contributed by atoms with Gasteiger partial charge >= 0.3 is 5.69 Å². The molecule has 0 radical (unpaired) electrons. The first-order valence-electron chi connectivity index (χ1n) is 7.43. The molecule has 2 aromatic carbocycles. The molecule has 9 heteroatoms. The first-order chi connectivity index (χ1) is 12.5. The van der Waals surface area contributed by atoms with Crippen molar-refractivity contribution in [3.05, 3.63) is 76.4 Å². The molecule has 0 atom stereocenters. The Kier molecular flexibility index (Phi) is 4.99. The van der Waals surface area contributed by atoms with Crippen LogP contribution in [-0.4, -0.2) is 26.6 Å². The fourth-order valence-corrected chi connectivity index (χ4v) is 2.94. The van der Waals surface area contributed by atoms with Crippen molar-refractivity contribution in [2.75, 3.05) is 11.6 Å². The van der Waals surface area contributed by atoms with E-state index in [4.69, 9.17) is 0 Å². The van der Waals surface area contributed by atoms with E-state index in [0.29, 0.717) is 5.16 Å². The van der Waals surface area contributed by atoms with E-state index in [1.807, 2.05) is 36.6 Å². The zero-order valence-electron chi connectivity index (χ0n) is 13.5. The minimum absolute atomic E-state index is 0.120. The third-order valence-corrected chi connectivity index (χ3v) is 4.21. The summed E-state index contributed by atoms with van der Waals surface area (Å²) in [6.45, 7) is 0. The first-order valence-corrected chi connectivity index (χ1v) is 8.66. The number of carbonyl (C=O) groups is 1. The summed E-state index contributed by atoms with van der Waals surface area (Å²) in [6.07, 6.45) is 3.26. The number of nitro groups is 1. The average Bonchev–Trinajstić information content (AvgIpc) is 3.08. The highest BCUT2D eigenvalue weighted by atomic mass is 32.2. The second kappa shape index (κ2) is 7.36. The number of benzene rings is 2. The average molecular weight is 372 g/mol. The topological polar surface area (TPSA) is 90.1 Å². The molecule has 3 rings (SSSR count). The molecule has 0 saturated heterocycles. The van der Waals surface area contributed by atoms with E-state index in [0.717, 1.165) is 17.8 Å². The maximum absolute atomic E-state index is 13.4. The van der Waals surface area contributed by atoms with E-state index in [1.54, 1.807) is 4.57 Å². The minimum atomic E-state index is -0.966. The Morgan fingerprint density at radius 2 is 2.00 bits per heavy atom. The van der Waals surface area contributed by atoms with Gasteiger partial charge in [-0.2, -0.15) is 4.39 Å². The highest BCUT2D eigenvalue weighted by Gasteiger charge is 2.20. The number of para-hydroxylation sites is 1. The molecule has 0 spiro atoms.